The van der Waals surface area contributed by atoms with Gasteiger partial charge >= 0.3 is 5.97 Å². The van der Waals surface area contributed by atoms with Gasteiger partial charge in [-0.25, -0.2) is 4.79 Å². The lowest BCUT2D eigenvalue weighted by molar-refractivity contribution is 0.0734. The van der Waals surface area contributed by atoms with Gasteiger partial charge in [-0.05, 0) is 98.4 Å². The number of esters is 1. The van der Waals surface area contributed by atoms with E-state index in [9.17, 15) is 4.79 Å². The van der Waals surface area contributed by atoms with Crippen molar-refractivity contribution in [3.63, 3.8) is 0 Å². The molecule has 2 heteroatoms. The van der Waals surface area contributed by atoms with Crippen LogP contribution in [0.3, 0.4) is 0 Å². The van der Waals surface area contributed by atoms with Gasteiger partial charge in [-0.3, -0.25) is 0 Å². The fourth-order valence-corrected chi connectivity index (χ4v) is 3.98. The van der Waals surface area contributed by atoms with Crippen LogP contribution in [0.4, 0.5) is 0 Å². The number of carbonyl (C=O) groups excluding carboxylic acids is 1. The fraction of sp³-hybridized carbons (Fsp3) is 0.458. The zero-order valence-corrected chi connectivity index (χ0v) is 16.7. The summed E-state index contributed by atoms with van der Waals surface area (Å²) in [5, 5.41) is 0. The molecular formula is C24H30O2. The monoisotopic (exact) mass is 350 g/mol. The summed E-state index contributed by atoms with van der Waals surface area (Å²) in [6.45, 7) is 10.5. The molecule has 0 unspecified atom stereocenters. The smallest absolute Gasteiger partial charge is 0.343 e. The minimum atomic E-state index is -0.269. The third-order valence-electron chi connectivity index (χ3n) is 6.07. The highest BCUT2D eigenvalue weighted by Gasteiger charge is 2.21. The number of ether oxygens (including phenoxy) is 1. The number of hydrogen-bond acceptors (Lipinski definition) is 2. The lowest BCUT2D eigenvalue weighted by Gasteiger charge is -2.26. The molecule has 1 saturated carbocycles. The maximum Gasteiger partial charge on any atom is 0.343 e. The van der Waals surface area contributed by atoms with Gasteiger partial charge in [0, 0.05) is 0 Å². The number of hydrogen-bond donors (Lipinski definition) is 0. The zero-order chi connectivity index (χ0) is 18.8. The molecule has 0 heterocycles. The molecule has 3 rings (SSSR count). The van der Waals surface area contributed by atoms with Gasteiger partial charge in [-0.2, -0.15) is 0 Å². The molecule has 138 valence electrons. The summed E-state index contributed by atoms with van der Waals surface area (Å²) in [4.78, 5) is 12.7. The van der Waals surface area contributed by atoms with Crippen molar-refractivity contribution >= 4 is 5.97 Å². The molecule has 0 N–H and O–H groups in total. The van der Waals surface area contributed by atoms with Crippen molar-refractivity contribution in [3.05, 3.63) is 63.7 Å². The van der Waals surface area contributed by atoms with Gasteiger partial charge in [0.05, 0.1) is 5.56 Å². The largest absolute Gasteiger partial charge is 0.423 e. The number of rotatable bonds is 3. The van der Waals surface area contributed by atoms with E-state index < -0.39 is 0 Å². The maximum atomic E-state index is 12.7. The van der Waals surface area contributed by atoms with E-state index in [2.05, 4.69) is 26.0 Å². The van der Waals surface area contributed by atoms with Crippen LogP contribution in [0.5, 0.6) is 5.75 Å². The molecule has 2 aromatic carbocycles. The van der Waals surface area contributed by atoms with Crippen molar-refractivity contribution in [2.75, 3.05) is 0 Å². The van der Waals surface area contributed by atoms with E-state index in [1.54, 1.807) is 0 Å². The third-order valence-corrected chi connectivity index (χ3v) is 6.07. The first kappa shape index (κ1) is 18.7. The summed E-state index contributed by atoms with van der Waals surface area (Å²) in [7, 11) is 0. The molecule has 0 saturated heterocycles. The van der Waals surface area contributed by atoms with Crippen molar-refractivity contribution in [1.82, 2.24) is 0 Å². The van der Waals surface area contributed by atoms with Crippen LogP contribution in [0.2, 0.25) is 0 Å². The molecule has 0 aliphatic heterocycles. The Morgan fingerprint density at radius 3 is 2.08 bits per heavy atom. The first-order chi connectivity index (χ1) is 12.3. The van der Waals surface area contributed by atoms with Crippen LogP contribution in [-0.2, 0) is 0 Å². The first-order valence-electron chi connectivity index (χ1n) is 9.75. The van der Waals surface area contributed by atoms with E-state index in [4.69, 9.17) is 4.74 Å². The van der Waals surface area contributed by atoms with E-state index in [-0.39, 0.29) is 5.97 Å². The third kappa shape index (κ3) is 4.00. The van der Waals surface area contributed by atoms with Crippen molar-refractivity contribution in [1.29, 1.82) is 0 Å². The fourth-order valence-electron chi connectivity index (χ4n) is 3.98. The summed E-state index contributed by atoms with van der Waals surface area (Å²) >= 11 is 0. The summed E-state index contributed by atoms with van der Waals surface area (Å²) in [6.07, 6.45) is 5.12. The Morgan fingerprint density at radius 1 is 0.885 bits per heavy atom. The Balaban J connectivity index is 1.76. The van der Waals surface area contributed by atoms with Crippen molar-refractivity contribution in [2.45, 2.75) is 66.2 Å². The molecule has 2 aromatic rings. The molecule has 0 amide bonds. The van der Waals surface area contributed by atoms with E-state index in [0.717, 1.165) is 22.6 Å². The molecule has 1 aliphatic rings. The topological polar surface area (TPSA) is 26.3 Å². The molecular weight excluding hydrogens is 320 g/mol. The lowest BCUT2D eigenvalue weighted by atomic mass is 9.79. The normalized spacial score (nSPS) is 20.0. The van der Waals surface area contributed by atoms with Gasteiger partial charge in [0.25, 0.3) is 0 Å². The average Bonchev–Trinajstić information content (AvgIpc) is 2.60. The van der Waals surface area contributed by atoms with Gasteiger partial charge < -0.3 is 4.74 Å². The lowest BCUT2D eigenvalue weighted by Crippen LogP contribution is -2.13. The van der Waals surface area contributed by atoms with Gasteiger partial charge in [0.2, 0.25) is 0 Å². The van der Waals surface area contributed by atoms with Crippen molar-refractivity contribution < 1.29 is 9.53 Å². The second-order valence-corrected chi connectivity index (χ2v) is 8.10. The van der Waals surface area contributed by atoms with Crippen LogP contribution < -0.4 is 4.74 Å². The average molecular weight is 351 g/mol. The Labute approximate surface area is 157 Å². The van der Waals surface area contributed by atoms with E-state index in [1.165, 1.54) is 36.8 Å². The maximum absolute atomic E-state index is 12.7. The van der Waals surface area contributed by atoms with Crippen LogP contribution >= 0.6 is 0 Å². The molecule has 0 bridgehead atoms. The number of aryl methyl sites for hydroxylation is 3. The number of carbonyl (C=O) groups is 1. The number of benzene rings is 2. The molecule has 0 atom stereocenters. The van der Waals surface area contributed by atoms with Crippen molar-refractivity contribution in [2.24, 2.45) is 5.92 Å². The second kappa shape index (κ2) is 7.65. The Bertz CT molecular complexity index is 788. The Morgan fingerprint density at radius 2 is 1.50 bits per heavy atom. The molecule has 26 heavy (non-hydrogen) atoms. The Kier molecular flexibility index (Phi) is 5.50. The van der Waals surface area contributed by atoms with Gasteiger partial charge in [0.1, 0.15) is 5.75 Å². The Hall–Kier alpha value is -2.09. The zero-order valence-electron chi connectivity index (χ0n) is 16.7. The summed E-state index contributed by atoms with van der Waals surface area (Å²) in [6, 6.07) is 10.1. The van der Waals surface area contributed by atoms with Crippen LogP contribution in [0, 0.1) is 33.6 Å². The molecule has 0 radical (unpaired) electrons. The standard InChI is InChI=1S/C24H30O2/c1-15-6-8-20(9-7-15)21-10-11-23(18(4)12-21)24(25)26-22-13-16(2)19(5)17(3)14-22/h10-15,20H,6-9H2,1-5H3. The van der Waals surface area contributed by atoms with Crippen LogP contribution in [0.25, 0.3) is 0 Å². The highest BCUT2D eigenvalue weighted by atomic mass is 16.5. The SMILES string of the molecule is Cc1cc(C2CCC(C)CC2)ccc1C(=O)Oc1cc(C)c(C)c(C)c1. The van der Waals surface area contributed by atoms with E-state index in [0.29, 0.717) is 17.2 Å². The quantitative estimate of drug-likeness (QED) is 0.471. The summed E-state index contributed by atoms with van der Waals surface area (Å²) in [5.74, 6) is 1.84. The van der Waals surface area contributed by atoms with Crippen LogP contribution in [-0.4, -0.2) is 5.97 Å². The van der Waals surface area contributed by atoms with Gasteiger partial charge in [0.15, 0.2) is 0 Å². The van der Waals surface area contributed by atoms with Gasteiger partial charge in [-0.1, -0.05) is 31.9 Å². The predicted molar refractivity (Wildman–Crippen MR) is 107 cm³/mol. The van der Waals surface area contributed by atoms with Gasteiger partial charge in [-0.15, -0.1) is 0 Å². The summed E-state index contributed by atoms with van der Waals surface area (Å²) in [5.41, 5.74) is 6.57. The predicted octanol–water partition coefficient (Wildman–Crippen LogP) is 6.43. The van der Waals surface area contributed by atoms with E-state index in [1.807, 2.05) is 39.0 Å². The van der Waals surface area contributed by atoms with Crippen LogP contribution in [0.1, 0.15) is 76.7 Å². The molecule has 0 spiro atoms. The molecule has 0 aromatic heterocycles. The highest BCUT2D eigenvalue weighted by Crippen LogP contribution is 2.36. The minimum Gasteiger partial charge on any atom is -0.423 e. The second-order valence-electron chi connectivity index (χ2n) is 8.10. The minimum absolute atomic E-state index is 0.269. The molecule has 1 aliphatic carbocycles. The molecule has 1 fully saturated rings. The molecule has 2 nitrogen and oxygen atoms in total. The first-order valence-corrected chi connectivity index (χ1v) is 9.75. The van der Waals surface area contributed by atoms with Crippen LogP contribution in [0.15, 0.2) is 30.3 Å². The highest BCUT2D eigenvalue weighted by molar-refractivity contribution is 5.92. The van der Waals surface area contributed by atoms with E-state index >= 15 is 0 Å². The van der Waals surface area contributed by atoms with Crippen molar-refractivity contribution in [3.8, 4) is 5.75 Å². The summed E-state index contributed by atoms with van der Waals surface area (Å²) < 4.78 is 5.66.